The Labute approximate surface area is 184 Å². The summed E-state index contributed by atoms with van der Waals surface area (Å²) in [7, 11) is 1.15. The fourth-order valence-corrected chi connectivity index (χ4v) is 3.79. The number of benzene rings is 2. The van der Waals surface area contributed by atoms with E-state index in [0.717, 1.165) is 29.4 Å². The van der Waals surface area contributed by atoms with Crippen LogP contribution in [0.5, 0.6) is 0 Å². The Bertz CT molecular complexity index is 996. The van der Waals surface area contributed by atoms with Crippen molar-refractivity contribution < 1.29 is 19.1 Å². The largest absolute Gasteiger partial charge is 0.462 e. The molecule has 0 saturated carbocycles. The van der Waals surface area contributed by atoms with E-state index in [1.54, 1.807) is 23.1 Å². The van der Waals surface area contributed by atoms with Gasteiger partial charge in [0.15, 0.2) is 0 Å². The highest BCUT2D eigenvalue weighted by Crippen LogP contribution is 2.26. The van der Waals surface area contributed by atoms with Gasteiger partial charge in [-0.05, 0) is 40.8 Å². The quantitative estimate of drug-likeness (QED) is 0.537. The summed E-state index contributed by atoms with van der Waals surface area (Å²) < 4.78 is 4.37. The van der Waals surface area contributed by atoms with Gasteiger partial charge < -0.3 is 20.7 Å². The number of nitrogens with one attached hydrogen (secondary N) is 1. The predicted octanol–water partition coefficient (Wildman–Crippen LogP) is 2.19. The molecule has 7 nitrogen and oxygen atoms in total. The van der Waals surface area contributed by atoms with Crippen molar-refractivity contribution in [3.05, 3.63) is 68.7 Å². The van der Waals surface area contributed by atoms with Crippen molar-refractivity contribution in [2.24, 2.45) is 5.73 Å². The molecule has 0 radical (unpaired) electrons. The minimum atomic E-state index is -0.942. The second kappa shape index (κ2) is 9.47. The van der Waals surface area contributed by atoms with Gasteiger partial charge in [-0.3, -0.25) is 9.59 Å². The molecule has 0 aromatic heterocycles. The molecule has 1 aliphatic heterocycles. The van der Waals surface area contributed by atoms with Crippen molar-refractivity contribution in [1.82, 2.24) is 10.2 Å². The van der Waals surface area contributed by atoms with Gasteiger partial charge in [0.1, 0.15) is 0 Å². The van der Waals surface area contributed by atoms with Crippen molar-refractivity contribution in [3.8, 4) is 0 Å². The molecule has 0 saturated heterocycles. The molecule has 2 amide bonds. The Morgan fingerprint density at radius 2 is 1.87 bits per heavy atom. The molecule has 30 heavy (non-hydrogen) atoms. The van der Waals surface area contributed by atoms with Crippen LogP contribution >= 0.6 is 23.2 Å². The van der Waals surface area contributed by atoms with Crippen LogP contribution in [0.3, 0.4) is 0 Å². The van der Waals surface area contributed by atoms with Crippen LogP contribution in [0.1, 0.15) is 22.3 Å². The average molecular weight is 450 g/mol. The van der Waals surface area contributed by atoms with E-state index in [1.807, 2.05) is 18.2 Å². The number of nitrogens with zero attached hydrogens (tertiary/aromatic N) is 1. The highest BCUT2D eigenvalue weighted by molar-refractivity contribution is 6.35. The first-order valence-corrected chi connectivity index (χ1v) is 9.99. The van der Waals surface area contributed by atoms with Crippen LogP contribution in [0.4, 0.5) is 0 Å². The fraction of sp³-hybridized carbons (Fsp3) is 0.286. The van der Waals surface area contributed by atoms with Crippen LogP contribution in [-0.4, -0.2) is 35.8 Å². The highest BCUT2D eigenvalue weighted by atomic mass is 35.5. The number of esters is 1. The predicted molar refractivity (Wildman–Crippen MR) is 113 cm³/mol. The Hall–Kier alpha value is -2.61. The number of nitrogens with two attached hydrogens (primary N) is 1. The van der Waals surface area contributed by atoms with Gasteiger partial charge in [-0.1, -0.05) is 47.5 Å². The third-order valence-corrected chi connectivity index (χ3v) is 5.49. The molecule has 0 bridgehead atoms. The number of hydrogen-bond donors (Lipinski definition) is 2. The van der Waals surface area contributed by atoms with Crippen LogP contribution in [-0.2, 0) is 45.2 Å². The van der Waals surface area contributed by atoms with Crippen molar-refractivity contribution in [3.63, 3.8) is 0 Å². The summed E-state index contributed by atoms with van der Waals surface area (Å²) in [6.45, 7) is 1.07. The number of hydrogen-bond acceptors (Lipinski definition) is 5. The number of halogens is 2. The Kier molecular flexibility index (Phi) is 6.97. The number of methoxy groups -OCH3 is 1. The lowest BCUT2D eigenvalue weighted by Gasteiger charge is -2.20. The van der Waals surface area contributed by atoms with Crippen LogP contribution in [0, 0.1) is 0 Å². The first-order chi connectivity index (χ1) is 14.3. The zero-order valence-corrected chi connectivity index (χ0v) is 17.8. The van der Waals surface area contributed by atoms with Gasteiger partial charge in [0.25, 0.3) is 0 Å². The lowest BCUT2D eigenvalue weighted by Crippen LogP contribution is -2.42. The second-order valence-corrected chi connectivity index (χ2v) is 7.86. The maximum atomic E-state index is 12.8. The standard InChI is InChI=1S/C21H21Cl2N3O4/c1-30-21(29)19(27)25-9-12-2-3-14-10-26(11-15(14)6-12)20(28)18(24)7-13-4-5-16(22)8-17(13)23/h2-6,8,18H,7,9-11,24H2,1H3,(H,25,27)/t18-/m1/s1. The molecule has 0 unspecified atom stereocenters. The summed E-state index contributed by atoms with van der Waals surface area (Å²) in [6, 6.07) is 10.0. The SMILES string of the molecule is COC(=O)C(=O)NCc1ccc2c(c1)CN(C(=O)[C@H](N)Cc1ccc(Cl)cc1Cl)C2. The summed E-state index contributed by atoms with van der Waals surface area (Å²) in [4.78, 5) is 37.2. The first-order valence-electron chi connectivity index (χ1n) is 9.23. The van der Waals surface area contributed by atoms with E-state index >= 15 is 0 Å². The molecular weight excluding hydrogens is 429 g/mol. The van der Waals surface area contributed by atoms with Gasteiger partial charge in [-0.15, -0.1) is 0 Å². The van der Waals surface area contributed by atoms with Crippen LogP contribution in [0.2, 0.25) is 10.0 Å². The molecule has 0 aliphatic carbocycles. The van der Waals surface area contributed by atoms with Crippen LogP contribution in [0.25, 0.3) is 0 Å². The van der Waals surface area contributed by atoms with Crippen LogP contribution in [0.15, 0.2) is 36.4 Å². The molecule has 2 aromatic rings. The first kappa shape index (κ1) is 22.1. The molecule has 9 heteroatoms. The molecule has 0 fully saturated rings. The van der Waals surface area contributed by atoms with E-state index in [1.165, 1.54) is 0 Å². The number of amides is 2. The fourth-order valence-electron chi connectivity index (χ4n) is 3.31. The van der Waals surface area contributed by atoms with Gasteiger partial charge in [0.05, 0.1) is 13.2 Å². The lowest BCUT2D eigenvalue weighted by atomic mass is 10.1. The average Bonchev–Trinajstić information content (AvgIpc) is 3.16. The summed E-state index contributed by atoms with van der Waals surface area (Å²) in [6.07, 6.45) is 0.312. The van der Waals surface area contributed by atoms with E-state index in [2.05, 4.69) is 10.1 Å². The minimum absolute atomic E-state index is 0.169. The van der Waals surface area contributed by atoms with Crippen molar-refractivity contribution in [1.29, 1.82) is 0 Å². The summed E-state index contributed by atoms with van der Waals surface area (Å²) in [5, 5.41) is 3.50. The monoisotopic (exact) mass is 449 g/mol. The zero-order chi connectivity index (χ0) is 21.8. The van der Waals surface area contributed by atoms with Crippen LogP contribution < -0.4 is 11.1 Å². The van der Waals surface area contributed by atoms with Gasteiger partial charge in [0, 0.05) is 29.7 Å². The smallest absolute Gasteiger partial charge is 0.396 e. The maximum Gasteiger partial charge on any atom is 0.396 e. The number of rotatable bonds is 5. The summed E-state index contributed by atoms with van der Waals surface area (Å²) >= 11 is 12.1. The second-order valence-electron chi connectivity index (χ2n) is 7.02. The summed E-state index contributed by atoms with van der Waals surface area (Å²) in [5.41, 5.74) is 9.73. The van der Waals surface area contributed by atoms with Crippen molar-refractivity contribution in [2.45, 2.75) is 32.1 Å². The van der Waals surface area contributed by atoms with Crippen molar-refractivity contribution in [2.75, 3.05) is 7.11 Å². The number of fused-ring (bicyclic) bond motifs is 1. The van der Waals surface area contributed by atoms with E-state index in [0.29, 0.717) is 29.6 Å². The van der Waals surface area contributed by atoms with E-state index in [9.17, 15) is 14.4 Å². The molecule has 1 atom stereocenters. The molecule has 3 N–H and O–H groups in total. The molecule has 158 valence electrons. The Morgan fingerprint density at radius 1 is 1.13 bits per heavy atom. The minimum Gasteiger partial charge on any atom is -0.462 e. The normalized spacial score (nSPS) is 13.5. The third-order valence-electron chi connectivity index (χ3n) is 4.90. The molecular formula is C21H21Cl2N3O4. The van der Waals surface area contributed by atoms with Gasteiger partial charge in [0.2, 0.25) is 5.91 Å². The van der Waals surface area contributed by atoms with Crippen molar-refractivity contribution >= 4 is 41.0 Å². The third kappa shape index (κ3) is 5.11. The topological polar surface area (TPSA) is 102 Å². The number of carbonyl (C=O) groups is 3. The highest BCUT2D eigenvalue weighted by Gasteiger charge is 2.28. The number of carbonyl (C=O) groups excluding carboxylic acids is 3. The molecule has 0 spiro atoms. The van der Waals surface area contributed by atoms with Gasteiger partial charge in [-0.25, -0.2) is 4.79 Å². The Morgan fingerprint density at radius 3 is 2.57 bits per heavy atom. The number of ether oxygens (including phenoxy) is 1. The molecule has 1 heterocycles. The van der Waals surface area contributed by atoms with E-state index in [4.69, 9.17) is 28.9 Å². The van der Waals surface area contributed by atoms with E-state index in [-0.39, 0.29) is 12.5 Å². The van der Waals surface area contributed by atoms with Gasteiger partial charge >= 0.3 is 11.9 Å². The lowest BCUT2D eigenvalue weighted by molar-refractivity contribution is -0.152. The molecule has 1 aliphatic rings. The molecule has 3 rings (SSSR count). The van der Waals surface area contributed by atoms with Gasteiger partial charge in [-0.2, -0.15) is 0 Å². The zero-order valence-electron chi connectivity index (χ0n) is 16.3. The summed E-state index contributed by atoms with van der Waals surface area (Å²) in [5.74, 6) is -1.91. The Balaban J connectivity index is 1.60. The van der Waals surface area contributed by atoms with E-state index < -0.39 is 17.9 Å². The molecule has 2 aromatic carbocycles. The maximum absolute atomic E-state index is 12.8.